The van der Waals surface area contributed by atoms with E-state index in [4.69, 9.17) is 0 Å². The van der Waals surface area contributed by atoms with E-state index in [1.54, 1.807) is 0 Å². The molecule has 0 radical (unpaired) electrons. The predicted molar refractivity (Wildman–Crippen MR) is 73.9 cm³/mol. The lowest BCUT2D eigenvalue weighted by Crippen LogP contribution is -2.18. The summed E-state index contributed by atoms with van der Waals surface area (Å²) in [6.07, 6.45) is -4.34. The van der Waals surface area contributed by atoms with E-state index < -0.39 is 12.6 Å². The first kappa shape index (κ1) is 16.7. The molecule has 6 heteroatoms. The van der Waals surface area contributed by atoms with Gasteiger partial charge in [-0.25, -0.2) is 9.97 Å². The highest BCUT2D eigenvalue weighted by molar-refractivity contribution is 5.38. The fraction of sp³-hybridized carbons (Fsp3) is 0.714. The van der Waals surface area contributed by atoms with Gasteiger partial charge in [0.15, 0.2) is 0 Å². The molecular formula is C14H22F3N3. The molecule has 114 valence electrons. The molecule has 1 N–H and O–H groups in total. The van der Waals surface area contributed by atoms with E-state index in [-0.39, 0.29) is 17.7 Å². The highest BCUT2D eigenvalue weighted by Gasteiger charge is 2.27. The van der Waals surface area contributed by atoms with Crippen molar-refractivity contribution in [2.75, 3.05) is 11.9 Å². The Morgan fingerprint density at radius 2 is 1.80 bits per heavy atom. The summed E-state index contributed by atoms with van der Waals surface area (Å²) in [4.78, 5) is 8.43. The molecule has 0 atom stereocenters. The summed E-state index contributed by atoms with van der Waals surface area (Å²) in [6, 6.07) is 1.81. The Morgan fingerprint density at radius 1 is 1.15 bits per heavy atom. The molecule has 1 heterocycles. The van der Waals surface area contributed by atoms with Crippen LogP contribution in [0.1, 0.15) is 52.1 Å². The van der Waals surface area contributed by atoms with Crippen LogP contribution in [-0.2, 0) is 11.8 Å². The number of aromatic nitrogens is 2. The third-order valence-corrected chi connectivity index (χ3v) is 2.73. The van der Waals surface area contributed by atoms with Crippen LogP contribution >= 0.6 is 0 Å². The molecule has 1 aromatic heterocycles. The van der Waals surface area contributed by atoms with Crippen molar-refractivity contribution in [2.45, 2.75) is 58.5 Å². The minimum atomic E-state index is -4.18. The van der Waals surface area contributed by atoms with Gasteiger partial charge in [0.1, 0.15) is 11.6 Å². The number of halogens is 3. The molecule has 0 aliphatic carbocycles. The van der Waals surface area contributed by atoms with Crippen molar-refractivity contribution in [1.29, 1.82) is 0 Å². The number of aryl methyl sites for hydroxylation is 1. The molecular weight excluding hydrogens is 267 g/mol. The van der Waals surface area contributed by atoms with Gasteiger partial charge >= 0.3 is 6.18 Å². The Bertz CT molecular complexity index is 436. The van der Waals surface area contributed by atoms with Crippen molar-refractivity contribution in [1.82, 2.24) is 9.97 Å². The van der Waals surface area contributed by atoms with Crippen molar-refractivity contribution in [3.63, 3.8) is 0 Å². The number of nitrogens with one attached hydrogen (secondary N) is 1. The van der Waals surface area contributed by atoms with Crippen LogP contribution in [0.3, 0.4) is 0 Å². The maximum Gasteiger partial charge on any atom is 0.389 e. The fourth-order valence-corrected chi connectivity index (χ4v) is 1.59. The second kappa shape index (κ2) is 6.41. The van der Waals surface area contributed by atoms with Gasteiger partial charge in [0.2, 0.25) is 0 Å². The molecule has 0 amide bonds. The van der Waals surface area contributed by atoms with Gasteiger partial charge in [0.05, 0.1) is 12.1 Å². The van der Waals surface area contributed by atoms with Crippen molar-refractivity contribution < 1.29 is 13.2 Å². The Kier molecular flexibility index (Phi) is 5.36. The van der Waals surface area contributed by atoms with Crippen LogP contribution in [0, 0.1) is 0 Å². The number of anilines is 1. The first-order chi connectivity index (χ1) is 9.12. The average molecular weight is 289 g/mol. The Morgan fingerprint density at radius 3 is 2.30 bits per heavy atom. The van der Waals surface area contributed by atoms with Gasteiger partial charge in [-0.1, -0.05) is 27.7 Å². The highest BCUT2D eigenvalue weighted by Crippen LogP contribution is 2.25. The van der Waals surface area contributed by atoms with Gasteiger partial charge in [0.25, 0.3) is 0 Å². The third-order valence-electron chi connectivity index (χ3n) is 2.73. The van der Waals surface area contributed by atoms with E-state index in [1.807, 2.05) is 33.8 Å². The maximum absolute atomic E-state index is 12.3. The number of hydrogen-bond donors (Lipinski definition) is 1. The molecule has 0 spiro atoms. The van der Waals surface area contributed by atoms with E-state index in [1.165, 1.54) is 0 Å². The Balaban J connectivity index is 2.97. The molecule has 1 aromatic rings. The molecule has 0 saturated carbocycles. The first-order valence-corrected chi connectivity index (χ1v) is 6.81. The quantitative estimate of drug-likeness (QED) is 0.887. The second-order valence-electron chi connectivity index (χ2n) is 5.85. The molecule has 0 aliphatic rings. The fourth-order valence-electron chi connectivity index (χ4n) is 1.59. The van der Waals surface area contributed by atoms with Crippen LogP contribution < -0.4 is 5.32 Å². The topological polar surface area (TPSA) is 37.8 Å². The molecule has 3 nitrogen and oxygen atoms in total. The lowest BCUT2D eigenvalue weighted by molar-refractivity contribution is -0.134. The largest absolute Gasteiger partial charge is 0.389 e. The molecule has 0 saturated heterocycles. The monoisotopic (exact) mass is 289 g/mol. The van der Waals surface area contributed by atoms with Crippen molar-refractivity contribution in [3.05, 3.63) is 17.6 Å². The predicted octanol–water partition coefficient (Wildman–Crippen LogP) is 4.09. The number of hydrogen-bond acceptors (Lipinski definition) is 3. The van der Waals surface area contributed by atoms with Gasteiger partial charge < -0.3 is 5.32 Å². The van der Waals surface area contributed by atoms with Gasteiger partial charge in [-0.2, -0.15) is 13.2 Å². The second-order valence-corrected chi connectivity index (χ2v) is 5.85. The lowest BCUT2D eigenvalue weighted by atomic mass is 9.92. The van der Waals surface area contributed by atoms with Crippen LogP contribution in [0.15, 0.2) is 6.07 Å². The zero-order valence-electron chi connectivity index (χ0n) is 12.4. The van der Waals surface area contributed by atoms with Crippen LogP contribution in [0.5, 0.6) is 0 Å². The Hall–Kier alpha value is -1.33. The maximum atomic E-state index is 12.3. The Labute approximate surface area is 118 Å². The summed E-state index contributed by atoms with van der Waals surface area (Å²) in [5.74, 6) is 0.845. The van der Waals surface area contributed by atoms with Crippen molar-refractivity contribution in [3.8, 4) is 0 Å². The average Bonchev–Trinajstić information content (AvgIpc) is 2.32. The van der Waals surface area contributed by atoms with Crippen molar-refractivity contribution in [2.24, 2.45) is 0 Å². The van der Waals surface area contributed by atoms with Gasteiger partial charge in [-0.05, 0) is 6.42 Å². The summed E-state index contributed by atoms with van der Waals surface area (Å²) in [5.41, 5.74) is 0.529. The summed E-state index contributed by atoms with van der Waals surface area (Å²) >= 11 is 0. The van der Waals surface area contributed by atoms with E-state index >= 15 is 0 Å². The summed E-state index contributed by atoms with van der Waals surface area (Å²) in [6.45, 7) is 8.69. The molecule has 20 heavy (non-hydrogen) atoms. The smallest absolute Gasteiger partial charge is 0.370 e. The molecule has 0 aromatic carbocycles. The third kappa shape index (κ3) is 5.75. The minimum absolute atomic E-state index is 0.186. The standard InChI is InChI=1S/C14H22F3N3/c1-5-8-18-12-9-10(13(2,3)4)19-11(20-12)6-7-14(15,16)17/h9H,5-8H2,1-4H3,(H,18,19,20). The normalized spacial score (nSPS) is 12.6. The first-order valence-electron chi connectivity index (χ1n) is 6.81. The minimum Gasteiger partial charge on any atom is -0.370 e. The van der Waals surface area contributed by atoms with E-state index in [0.717, 1.165) is 18.7 Å². The van der Waals surface area contributed by atoms with Crippen LogP contribution in [0.4, 0.5) is 19.0 Å². The van der Waals surface area contributed by atoms with Crippen LogP contribution in [-0.4, -0.2) is 22.7 Å². The lowest BCUT2D eigenvalue weighted by Gasteiger charge is -2.20. The van der Waals surface area contributed by atoms with Gasteiger partial charge in [-0.3, -0.25) is 0 Å². The van der Waals surface area contributed by atoms with Gasteiger partial charge in [-0.15, -0.1) is 0 Å². The van der Waals surface area contributed by atoms with Crippen LogP contribution in [0.2, 0.25) is 0 Å². The molecule has 0 unspecified atom stereocenters. The molecule has 1 rings (SSSR count). The summed E-state index contributed by atoms with van der Waals surface area (Å²) < 4.78 is 36.9. The highest BCUT2D eigenvalue weighted by atomic mass is 19.4. The van der Waals surface area contributed by atoms with Crippen LogP contribution in [0.25, 0.3) is 0 Å². The molecule has 0 aliphatic heterocycles. The summed E-state index contributed by atoms with van der Waals surface area (Å²) in [5, 5.41) is 3.11. The summed E-state index contributed by atoms with van der Waals surface area (Å²) in [7, 11) is 0. The number of nitrogens with zero attached hydrogens (tertiary/aromatic N) is 2. The van der Waals surface area contributed by atoms with Crippen molar-refractivity contribution >= 4 is 5.82 Å². The molecule has 0 fully saturated rings. The number of rotatable bonds is 5. The van der Waals surface area contributed by atoms with E-state index in [2.05, 4.69) is 15.3 Å². The zero-order chi connectivity index (χ0) is 15.4. The number of alkyl halides is 3. The van der Waals surface area contributed by atoms with E-state index in [0.29, 0.717) is 5.82 Å². The zero-order valence-corrected chi connectivity index (χ0v) is 12.4. The van der Waals surface area contributed by atoms with E-state index in [9.17, 15) is 13.2 Å². The SMILES string of the molecule is CCCNc1cc(C(C)(C)C)nc(CCC(F)(F)F)n1. The van der Waals surface area contributed by atoms with Gasteiger partial charge in [0, 0.05) is 24.4 Å². The molecule has 0 bridgehead atoms.